The summed E-state index contributed by atoms with van der Waals surface area (Å²) in [6.07, 6.45) is 0.785. The Labute approximate surface area is 168 Å². The van der Waals surface area contributed by atoms with Crippen molar-refractivity contribution in [3.63, 3.8) is 0 Å². The molecule has 2 aliphatic heterocycles. The maximum Gasteiger partial charge on any atom is 0.295 e. The Morgan fingerprint density at radius 2 is 2.07 bits per heavy atom. The summed E-state index contributed by atoms with van der Waals surface area (Å²) < 4.78 is 16.5. The van der Waals surface area contributed by atoms with Crippen molar-refractivity contribution < 1.29 is 28.6 Å². The van der Waals surface area contributed by atoms with E-state index in [-0.39, 0.29) is 30.6 Å². The standard InChI is InChI=1S/C22H23NO6/c1-12-4-6-17(28-12)19-18(21(25)22(26)23(19)8-9-27-3)20(24)14-5-7-16-15(11-14)10-13(2)29-16/h4-7,11,13,19,24H,8-10H2,1-3H3/b20-18+/t13-,19+/m1/s1. The summed E-state index contributed by atoms with van der Waals surface area (Å²) in [5, 5.41) is 11.1. The van der Waals surface area contributed by atoms with E-state index in [2.05, 4.69) is 0 Å². The fourth-order valence-corrected chi connectivity index (χ4v) is 3.92. The van der Waals surface area contributed by atoms with Crippen LogP contribution in [0.25, 0.3) is 5.76 Å². The Bertz CT molecular complexity index is 1000. The van der Waals surface area contributed by atoms with E-state index in [1.54, 1.807) is 37.3 Å². The van der Waals surface area contributed by atoms with E-state index in [0.29, 0.717) is 17.1 Å². The molecule has 152 valence electrons. The average molecular weight is 397 g/mol. The fraction of sp³-hybridized carbons (Fsp3) is 0.364. The van der Waals surface area contributed by atoms with Crippen LogP contribution in [0.2, 0.25) is 0 Å². The Balaban J connectivity index is 1.81. The molecule has 0 saturated carbocycles. The van der Waals surface area contributed by atoms with Gasteiger partial charge >= 0.3 is 0 Å². The smallest absolute Gasteiger partial charge is 0.295 e. The molecule has 1 saturated heterocycles. The molecule has 29 heavy (non-hydrogen) atoms. The number of likely N-dealkylation sites (tertiary alicyclic amines) is 1. The molecule has 0 unspecified atom stereocenters. The van der Waals surface area contributed by atoms with Crippen molar-refractivity contribution in [2.75, 3.05) is 20.3 Å². The minimum atomic E-state index is -0.803. The molecule has 3 heterocycles. The molecule has 0 radical (unpaired) electrons. The fourth-order valence-electron chi connectivity index (χ4n) is 3.92. The predicted octanol–water partition coefficient (Wildman–Crippen LogP) is 2.98. The number of ketones is 1. The van der Waals surface area contributed by atoms with Gasteiger partial charge in [-0.2, -0.15) is 0 Å². The van der Waals surface area contributed by atoms with Gasteiger partial charge in [0.25, 0.3) is 11.7 Å². The van der Waals surface area contributed by atoms with Gasteiger partial charge in [-0.3, -0.25) is 9.59 Å². The topological polar surface area (TPSA) is 89.2 Å². The number of carbonyl (C=O) groups is 2. The Kier molecular flexibility index (Phi) is 4.92. The van der Waals surface area contributed by atoms with Gasteiger partial charge in [-0.1, -0.05) is 0 Å². The molecule has 1 aromatic heterocycles. The lowest BCUT2D eigenvalue weighted by Gasteiger charge is -2.22. The van der Waals surface area contributed by atoms with Crippen LogP contribution < -0.4 is 4.74 Å². The third-order valence-corrected chi connectivity index (χ3v) is 5.28. The van der Waals surface area contributed by atoms with Crippen molar-refractivity contribution in [1.82, 2.24) is 4.90 Å². The van der Waals surface area contributed by atoms with Crippen LogP contribution in [0.4, 0.5) is 0 Å². The summed E-state index contributed by atoms with van der Waals surface area (Å²) in [6.45, 7) is 4.22. The van der Waals surface area contributed by atoms with Crippen LogP contribution in [0.3, 0.4) is 0 Å². The summed E-state index contributed by atoms with van der Waals surface area (Å²) in [6, 6.07) is 7.96. The van der Waals surface area contributed by atoms with Gasteiger partial charge < -0.3 is 23.9 Å². The van der Waals surface area contributed by atoms with Gasteiger partial charge in [0, 0.05) is 25.6 Å². The van der Waals surface area contributed by atoms with Crippen LogP contribution in [-0.4, -0.2) is 48.1 Å². The Morgan fingerprint density at radius 3 is 2.76 bits per heavy atom. The summed E-state index contributed by atoms with van der Waals surface area (Å²) in [7, 11) is 1.52. The molecule has 1 N–H and O–H groups in total. The second-order valence-electron chi connectivity index (χ2n) is 7.39. The Morgan fingerprint density at radius 1 is 1.28 bits per heavy atom. The van der Waals surface area contributed by atoms with E-state index in [1.165, 1.54) is 12.0 Å². The molecule has 1 fully saturated rings. The van der Waals surface area contributed by atoms with Crippen molar-refractivity contribution >= 4 is 17.4 Å². The van der Waals surface area contributed by atoms with E-state index in [9.17, 15) is 14.7 Å². The monoisotopic (exact) mass is 397 g/mol. The number of ether oxygens (including phenoxy) is 2. The molecule has 7 nitrogen and oxygen atoms in total. The number of rotatable bonds is 5. The zero-order valence-corrected chi connectivity index (χ0v) is 16.6. The minimum Gasteiger partial charge on any atom is -0.507 e. The molecule has 2 atom stereocenters. The third kappa shape index (κ3) is 3.31. The summed E-state index contributed by atoms with van der Waals surface area (Å²) in [4.78, 5) is 26.9. The van der Waals surface area contributed by atoms with Crippen LogP contribution in [0, 0.1) is 6.92 Å². The number of amides is 1. The highest BCUT2D eigenvalue weighted by Crippen LogP contribution is 2.40. The van der Waals surface area contributed by atoms with Gasteiger partial charge in [-0.05, 0) is 49.7 Å². The molecule has 0 aliphatic carbocycles. The second-order valence-corrected chi connectivity index (χ2v) is 7.39. The van der Waals surface area contributed by atoms with Gasteiger partial charge in [-0.15, -0.1) is 0 Å². The molecule has 1 amide bonds. The predicted molar refractivity (Wildman–Crippen MR) is 105 cm³/mol. The number of methoxy groups -OCH3 is 1. The third-order valence-electron chi connectivity index (χ3n) is 5.28. The lowest BCUT2D eigenvalue weighted by Crippen LogP contribution is -2.32. The maximum atomic E-state index is 12.9. The summed E-state index contributed by atoms with van der Waals surface area (Å²) in [5.41, 5.74) is 1.45. The summed E-state index contributed by atoms with van der Waals surface area (Å²) in [5.74, 6) is 0.222. The van der Waals surface area contributed by atoms with Crippen molar-refractivity contribution in [1.29, 1.82) is 0 Å². The number of nitrogens with zero attached hydrogens (tertiary/aromatic N) is 1. The van der Waals surface area contributed by atoms with Crippen molar-refractivity contribution in [3.05, 3.63) is 58.6 Å². The number of aliphatic hydroxyl groups is 1. The lowest BCUT2D eigenvalue weighted by molar-refractivity contribution is -0.140. The van der Waals surface area contributed by atoms with E-state index < -0.39 is 17.7 Å². The first kappa shape index (κ1) is 19.3. The van der Waals surface area contributed by atoms with Gasteiger partial charge in [-0.25, -0.2) is 0 Å². The number of carbonyl (C=O) groups excluding carboxylic acids is 2. The van der Waals surface area contributed by atoms with E-state index in [0.717, 1.165) is 17.7 Å². The first-order valence-electron chi connectivity index (χ1n) is 9.54. The number of aliphatic hydroxyl groups excluding tert-OH is 1. The van der Waals surface area contributed by atoms with Gasteiger partial charge in [0.15, 0.2) is 0 Å². The minimum absolute atomic E-state index is 0.0207. The average Bonchev–Trinajstić information content (AvgIpc) is 3.35. The van der Waals surface area contributed by atoms with Crippen LogP contribution >= 0.6 is 0 Å². The van der Waals surface area contributed by atoms with Crippen LogP contribution in [0.5, 0.6) is 5.75 Å². The Hall–Kier alpha value is -3.06. The molecule has 7 heteroatoms. The molecule has 2 aromatic rings. The number of Topliss-reactive ketones (excluding diaryl/α,β-unsaturated/α-hetero) is 1. The molecular formula is C22H23NO6. The molecular weight excluding hydrogens is 374 g/mol. The molecule has 1 aromatic carbocycles. The summed E-state index contributed by atoms with van der Waals surface area (Å²) >= 11 is 0. The number of benzene rings is 1. The number of furan rings is 1. The van der Waals surface area contributed by atoms with Gasteiger partial charge in [0.1, 0.15) is 35.2 Å². The molecule has 4 rings (SSSR count). The quantitative estimate of drug-likeness (QED) is 0.474. The van der Waals surface area contributed by atoms with Crippen LogP contribution in [-0.2, 0) is 20.7 Å². The van der Waals surface area contributed by atoms with Crippen molar-refractivity contribution in [2.24, 2.45) is 0 Å². The number of aryl methyl sites for hydroxylation is 1. The first-order chi connectivity index (χ1) is 13.9. The number of hydrogen-bond donors (Lipinski definition) is 1. The largest absolute Gasteiger partial charge is 0.507 e. The van der Waals surface area contributed by atoms with Crippen LogP contribution in [0.15, 0.2) is 40.3 Å². The van der Waals surface area contributed by atoms with Gasteiger partial charge in [0.2, 0.25) is 0 Å². The van der Waals surface area contributed by atoms with Crippen molar-refractivity contribution in [2.45, 2.75) is 32.4 Å². The maximum absolute atomic E-state index is 12.9. The van der Waals surface area contributed by atoms with E-state index >= 15 is 0 Å². The SMILES string of the molecule is COCCN1C(=O)C(=O)/C(=C(/O)c2ccc3c(c2)C[C@@H](C)O3)[C@@H]1c1ccc(C)o1. The highest BCUT2D eigenvalue weighted by molar-refractivity contribution is 6.46. The number of fused-ring (bicyclic) bond motifs is 1. The second kappa shape index (κ2) is 7.40. The highest BCUT2D eigenvalue weighted by Gasteiger charge is 2.47. The van der Waals surface area contributed by atoms with Crippen molar-refractivity contribution in [3.8, 4) is 5.75 Å². The number of hydrogen-bond acceptors (Lipinski definition) is 6. The van der Waals surface area contributed by atoms with Gasteiger partial charge in [0.05, 0.1) is 12.2 Å². The van der Waals surface area contributed by atoms with E-state index in [4.69, 9.17) is 13.9 Å². The zero-order valence-electron chi connectivity index (χ0n) is 16.6. The van der Waals surface area contributed by atoms with Crippen LogP contribution in [0.1, 0.15) is 35.6 Å². The normalized spacial score (nSPS) is 22.8. The van der Waals surface area contributed by atoms with E-state index in [1.807, 2.05) is 6.92 Å². The molecule has 0 bridgehead atoms. The molecule has 2 aliphatic rings. The lowest BCUT2D eigenvalue weighted by atomic mass is 9.97. The highest BCUT2D eigenvalue weighted by atomic mass is 16.5. The molecule has 0 spiro atoms. The first-order valence-corrected chi connectivity index (χ1v) is 9.54. The zero-order chi connectivity index (χ0) is 20.7.